The average Bonchev–Trinajstić information content (AvgIpc) is 2.67. The molecule has 0 spiro atoms. The third-order valence-corrected chi connectivity index (χ3v) is 3.97. The smallest absolute Gasteiger partial charge is 0.274 e. The standard InChI is InChI=1S/C20H27N3O3/c1-5-11-23(12-6-2)16-8-9-17(21-14-16)20(24)22-15-7-10-18(25-3)19(13-15)26-4/h7-10,13-14H,5-6,11-12H2,1-4H3,(H,22,24). The lowest BCUT2D eigenvalue weighted by molar-refractivity contribution is 0.102. The van der Waals surface area contributed by atoms with Gasteiger partial charge in [0.2, 0.25) is 0 Å². The molecule has 6 nitrogen and oxygen atoms in total. The van der Waals surface area contributed by atoms with Crippen LogP contribution in [0.1, 0.15) is 37.2 Å². The van der Waals surface area contributed by atoms with Gasteiger partial charge in [-0.05, 0) is 37.1 Å². The van der Waals surface area contributed by atoms with E-state index in [2.05, 4.69) is 29.0 Å². The van der Waals surface area contributed by atoms with Crippen LogP contribution >= 0.6 is 0 Å². The maximum atomic E-state index is 12.4. The topological polar surface area (TPSA) is 63.7 Å². The number of amides is 1. The van der Waals surface area contributed by atoms with E-state index < -0.39 is 0 Å². The number of methoxy groups -OCH3 is 2. The summed E-state index contributed by atoms with van der Waals surface area (Å²) in [6, 6.07) is 8.93. The predicted molar refractivity (Wildman–Crippen MR) is 105 cm³/mol. The van der Waals surface area contributed by atoms with Crippen LogP contribution in [-0.4, -0.2) is 38.2 Å². The van der Waals surface area contributed by atoms with Crippen LogP contribution in [0.25, 0.3) is 0 Å². The van der Waals surface area contributed by atoms with Crippen LogP contribution in [0.3, 0.4) is 0 Å². The fraction of sp³-hybridized carbons (Fsp3) is 0.400. The second-order valence-corrected chi connectivity index (χ2v) is 5.91. The Balaban J connectivity index is 2.10. The minimum Gasteiger partial charge on any atom is -0.493 e. The van der Waals surface area contributed by atoms with Gasteiger partial charge in [0.1, 0.15) is 5.69 Å². The van der Waals surface area contributed by atoms with Crippen LogP contribution in [-0.2, 0) is 0 Å². The Kier molecular flexibility index (Phi) is 7.26. The van der Waals surface area contributed by atoms with Crippen LogP contribution in [0.15, 0.2) is 36.5 Å². The number of ether oxygens (including phenoxy) is 2. The maximum absolute atomic E-state index is 12.4. The summed E-state index contributed by atoms with van der Waals surface area (Å²) in [5, 5.41) is 2.83. The number of hydrogen-bond acceptors (Lipinski definition) is 5. The summed E-state index contributed by atoms with van der Waals surface area (Å²) in [6.45, 7) is 6.27. The van der Waals surface area contributed by atoms with Gasteiger partial charge in [-0.15, -0.1) is 0 Å². The van der Waals surface area contributed by atoms with E-state index >= 15 is 0 Å². The van der Waals surface area contributed by atoms with Gasteiger partial charge in [-0.3, -0.25) is 4.79 Å². The number of benzene rings is 1. The molecule has 1 amide bonds. The highest BCUT2D eigenvalue weighted by Crippen LogP contribution is 2.29. The Bertz CT molecular complexity index is 711. The summed E-state index contributed by atoms with van der Waals surface area (Å²) in [5.41, 5.74) is 2.03. The van der Waals surface area contributed by atoms with Gasteiger partial charge in [0.05, 0.1) is 26.1 Å². The number of nitrogens with one attached hydrogen (secondary N) is 1. The monoisotopic (exact) mass is 357 g/mol. The first-order valence-electron chi connectivity index (χ1n) is 8.87. The van der Waals surface area contributed by atoms with Crippen molar-refractivity contribution in [1.82, 2.24) is 4.98 Å². The molecule has 0 saturated carbocycles. The van der Waals surface area contributed by atoms with Crippen LogP contribution in [0.4, 0.5) is 11.4 Å². The molecule has 0 radical (unpaired) electrons. The van der Waals surface area contributed by atoms with Crippen molar-refractivity contribution in [2.45, 2.75) is 26.7 Å². The zero-order chi connectivity index (χ0) is 18.9. The molecule has 0 saturated heterocycles. The molecular weight excluding hydrogens is 330 g/mol. The van der Waals surface area contributed by atoms with Gasteiger partial charge in [0, 0.05) is 24.8 Å². The largest absolute Gasteiger partial charge is 0.493 e. The molecule has 0 bridgehead atoms. The Morgan fingerprint density at radius 3 is 2.27 bits per heavy atom. The highest BCUT2D eigenvalue weighted by molar-refractivity contribution is 6.03. The van der Waals surface area contributed by atoms with Crippen LogP contribution < -0.4 is 19.7 Å². The van der Waals surface area contributed by atoms with E-state index in [1.807, 2.05) is 6.07 Å². The molecule has 0 aliphatic rings. The van der Waals surface area contributed by atoms with E-state index in [1.165, 1.54) is 0 Å². The van der Waals surface area contributed by atoms with Crippen LogP contribution in [0.2, 0.25) is 0 Å². The van der Waals surface area contributed by atoms with Gasteiger partial charge < -0.3 is 19.7 Å². The molecule has 140 valence electrons. The molecule has 1 aromatic heterocycles. The van der Waals surface area contributed by atoms with Gasteiger partial charge in [0.25, 0.3) is 5.91 Å². The Hall–Kier alpha value is -2.76. The third-order valence-electron chi connectivity index (χ3n) is 3.97. The van der Waals surface area contributed by atoms with E-state index in [-0.39, 0.29) is 5.91 Å². The maximum Gasteiger partial charge on any atom is 0.274 e. The summed E-state index contributed by atoms with van der Waals surface area (Å²) in [5.74, 6) is 0.907. The van der Waals surface area contributed by atoms with Crippen molar-refractivity contribution in [2.75, 3.05) is 37.5 Å². The molecule has 1 aromatic carbocycles. The highest BCUT2D eigenvalue weighted by Gasteiger charge is 2.12. The number of nitrogens with zero attached hydrogens (tertiary/aromatic N) is 2. The van der Waals surface area contributed by atoms with E-state index in [9.17, 15) is 4.79 Å². The number of rotatable bonds is 9. The van der Waals surface area contributed by atoms with Crippen molar-refractivity contribution in [3.8, 4) is 11.5 Å². The SMILES string of the molecule is CCCN(CCC)c1ccc(C(=O)Nc2ccc(OC)c(OC)c2)nc1. The predicted octanol–water partition coefficient (Wildman–Crippen LogP) is 3.98. The number of aromatic nitrogens is 1. The molecule has 0 aliphatic carbocycles. The summed E-state index contributed by atoms with van der Waals surface area (Å²) in [4.78, 5) is 19.0. The van der Waals surface area contributed by atoms with Crippen molar-refractivity contribution < 1.29 is 14.3 Å². The highest BCUT2D eigenvalue weighted by atomic mass is 16.5. The first-order chi connectivity index (χ1) is 12.6. The first kappa shape index (κ1) is 19.6. The Labute approximate surface area is 155 Å². The normalized spacial score (nSPS) is 10.3. The molecule has 1 N–H and O–H groups in total. The lowest BCUT2D eigenvalue weighted by Gasteiger charge is -2.23. The second kappa shape index (κ2) is 9.65. The van der Waals surface area contributed by atoms with Gasteiger partial charge in [-0.25, -0.2) is 4.98 Å². The van der Waals surface area contributed by atoms with Crippen molar-refractivity contribution in [3.63, 3.8) is 0 Å². The second-order valence-electron chi connectivity index (χ2n) is 5.91. The molecular formula is C20H27N3O3. The van der Waals surface area contributed by atoms with Gasteiger partial charge in [-0.1, -0.05) is 13.8 Å². The van der Waals surface area contributed by atoms with Gasteiger partial charge in [-0.2, -0.15) is 0 Å². The fourth-order valence-electron chi connectivity index (χ4n) is 2.73. The lowest BCUT2D eigenvalue weighted by Crippen LogP contribution is -2.25. The zero-order valence-electron chi connectivity index (χ0n) is 15.9. The Morgan fingerprint density at radius 1 is 1.04 bits per heavy atom. The molecule has 2 rings (SSSR count). The molecule has 6 heteroatoms. The number of hydrogen-bond donors (Lipinski definition) is 1. The minimum atomic E-state index is -0.263. The quantitative estimate of drug-likeness (QED) is 0.735. The molecule has 1 heterocycles. The summed E-state index contributed by atoms with van der Waals surface area (Å²) < 4.78 is 10.5. The van der Waals surface area contributed by atoms with E-state index in [0.29, 0.717) is 22.9 Å². The summed E-state index contributed by atoms with van der Waals surface area (Å²) in [7, 11) is 3.13. The molecule has 0 aliphatic heterocycles. The molecule has 0 atom stereocenters. The first-order valence-corrected chi connectivity index (χ1v) is 8.87. The van der Waals surface area contributed by atoms with Crippen LogP contribution in [0, 0.1) is 0 Å². The lowest BCUT2D eigenvalue weighted by atomic mass is 10.2. The van der Waals surface area contributed by atoms with Crippen molar-refractivity contribution in [1.29, 1.82) is 0 Å². The number of carbonyl (C=O) groups is 1. The van der Waals surface area contributed by atoms with Crippen LogP contribution in [0.5, 0.6) is 11.5 Å². The Morgan fingerprint density at radius 2 is 1.73 bits per heavy atom. The zero-order valence-corrected chi connectivity index (χ0v) is 15.9. The van der Waals surface area contributed by atoms with E-state index in [4.69, 9.17) is 9.47 Å². The summed E-state index contributed by atoms with van der Waals surface area (Å²) in [6.07, 6.45) is 3.90. The van der Waals surface area contributed by atoms with Gasteiger partial charge in [0.15, 0.2) is 11.5 Å². The van der Waals surface area contributed by atoms with Gasteiger partial charge >= 0.3 is 0 Å². The minimum absolute atomic E-state index is 0.263. The van der Waals surface area contributed by atoms with Crippen molar-refractivity contribution >= 4 is 17.3 Å². The summed E-state index contributed by atoms with van der Waals surface area (Å²) >= 11 is 0. The average molecular weight is 357 g/mol. The molecule has 0 fully saturated rings. The molecule has 2 aromatic rings. The fourth-order valence-corrected chi connectivity index (χ4v) is 2.73. The third kappa shape index (κ3) is 4.88. The number of anilines is 2. The van der Waals surface area contributed by atoms with E-state index in [0.717, 1.165) is 31.6 Å². The van der Waals surface area contributed by atoms with E-state index in [1.54, 1.807) is 44.7 Å². The molecule has 26 heavy (non-hydrogen) atoms. The molecule has 0 unspecified atom stereocenters. The van der Waals surface area contributed by atoms with Crippen molar-refractivity contribution in [2.24, 2.45) is 0 Å². The van der Waals surface area contributed by atoms with Crippen molar-refractivity contribution in [3.05, 3.63) is 42.2 Å². The number of carbonyl (C=O) groups excluding carboxylic acids is 1. The number of pyridine rings is 1.